The Morgan fingerprint density at radius 3 is 2.15 bits per heavy atom. The highest BCUT2D eigenvalue weighted by Gasteiger charge is 2.42. The molecule has 2 saturated heterocycles. The van der Waals surface area contributed by atoms with Gasteiger partial charge < -0.3 is 10.6 Å². The number of carbonyl (C=O) groups excluding carboxylic acids is 1. The number of sulfonamides is 1. The van der Waals surface area contributed by atoms with Crippen molar-refractivity contribution in [3.63, 3.8) is 0 Å². The first-order chi connectivity index (χ1) is 13.0. The second-order valence-corrected chi connectivity index (χ2v) is 11.1. The summed E-state index contributed by atoms with van der Waals surface area (Å²) >= 11 is 0. The van der Waals surface area contributed by atoms with Gasteiger partial charge in [0.25, 0.3) is 0 Å². The minimum atomic E-state index is -3.05. The van der Waals surface area contributed by atoms with E-state index in [1.807, 2.05) is 0 Å². The van der Waals surface area contributed by atoms with Crippen LogP contribution in [-0.4, -0.2) is 85.5 Å². The van der Waals surface area contributed by atoms with E-state index in [1.165, 1.54) is 0 Å². The molecule has 2 N–H and O–H groups in total. The van der Waals surface area contributed by atoms with E-state index in [4.69, 9.17) is 5.73 Å². The molecule has 1 atom stereocenters. The van der Waals surface area contributed by atoms with Crippen molar-refractivity contribution in [2.75, 3.05) is 45.8 Å². The van der Waals surface area contributed by atoms with Crippen molar-refractivity contribution in [3.8, 4) is 0 Å². The van der Waals surface area contributed by atoms with Crippen molar-refractivity contribution in [3.05, 3.63) is 0 Å². The first-order valence-electron chi connectivity index (χ1n) is 10.7. The molecule has 2 heterocycles. The monoisotopic (exact) mass is 398 g/mol. The van der Waals surface area contributed by atoms with Crippen LogP contribution < -0.4 is 5.73 Å². The third-order valence-corrected chi connectivity index (χ3v) is 9.50. The van der Waals surface area contributed by atoms with Gasteiger partial charge in [0.1, 0.15) is 0 Å². The van der Waals surface area contributed by atoms with Gasteiger partial charge >= 0.3 is 0 Å². The molecule has 2 saturated carbocycles. The largest absolute Gasteiger partial charge is 0.341 e. The van der Waals surface area contributed by atoms with Gasteiger partial charge in [-0.15, -0.1) is 0 Å². The van der Waals surface area contributed by atoms with Gasteiger partial charge in [0.2, 0.25) is 15.9 Å². The Balaban J connectivity index is 1.25. The Labute approximate surface area is 163 Å². The zero-order valence-corrected chi connectivity index (χ0v) is 17.1. The highest BCUT2D eigenvalue weighted by atomic mass is 32.2. The summed E-state index contributed by atoms with van der Waals surface area (Å²) in [6, 6.07) is 0.389. The summed E-state index contributed by atoms with van der Waals surface area (Å²) in [5.74, 6) is 1.12. The van der Waals surface area contributed by atoms with Crippen molar-refractivity contribution in [1.82, 2.24) is 14.1 Å². The molecule has 2 aliphatic heterocycles. The maximum atomic E-state index is 12.9. The smallest absolute Gasteiger partial charge is 0.225 e. The van der Waals surface area contributed by atoms with Gasteiger partial charge in [0, 0.05) is 51.2 Å². The van der Waals surface area contributed by atoms with Crippen LogP contribution in [0.1, 0.15) is 44.9 Å². The molecule has 0 aromatic carbocycles. The van der Waals surface area contributed by atoms with Gasteiger partial charge in [0.05, 0.1) is 5.25 Å². The molecule has 0 aromatic heterocycles. The lowest BCUT2D eigenvalue weighted by atomic mass is 9.81. The van der Waals surface area contributed by atoms with E-state index in [-0.39, 0.29) is 11.2 Å². The molecule has 4 fully saturated rings. The van der Waals surface area contributed by atoms with Gasteiger partial charge in [-0.25, -0.2) is 8.42 Å². The van der Waals surface area contributed by atoms with Crippen LogP contribution in [0.5, 0.6) is 0 Å². The van der Waals surface area contributed by atoms with Gasteiger partial charge in [-0.05, 0) is 57.4 Å². The number of hydrogen-bond acceptors (Lipinski definition) is 5. The van der Waals surface area contributed by atoms with E-state index in [0.717, 1.165) is 77.7 Å². The predicted molar refractivity (Wildman–Crippen MR) is 105 cm³/mol. The number of amides is 1. The van der Waals surface area contributed by atoms with E-state index < -0.39 is 10.0 Å². The first-order valence-corrected chi connectivity index (χ1v) is 12.2. The average molecular weight is 399 g/mol. The van der Waals surface area contributed by atoms with E-state index in [9.17, 15) is 13.2 Å². The Morgan fingerprint density at radius 1 is 0.889 bits per heavy atom. The van der Waals surface area contributed by atoms with E-state index >= 15 is 0 Å². The summed E-state index contributed by atoms with van der Waals surface area (Å²) in [6.45, 7) is 5.19. The van der Waals surface area contributed by atoms with Crippen molar-refractivity contribution >= 4 is 15.9 Å². The van der Waals surface area contributed by atoms with E-state index in [1.54, 1.807) is 4.31 Å². The summed E-state index contributed by atoms with van der Waals surface area (Å²) in [4.78, 5) is 17.3. The number of nitrogens with two attached hydrogens (primary N) is 1. The summed E-state index contributed by atoms with van der Waals surface area (Å²) in [6.07, 6.45) is 6.81. The lowest BCUT2D eigenvalue weighted by Gasteiger charge is -2.37. The third kappa shape index (κ3) is 4.18. The molecule has 2 aliphatic carbocycles. The van der Waals surface area contributed by atoms with Crippen LogP contribution in [-0.2, 0) is 14.8 Å². The van der Waals surface area contributed by atoms with Gasteiger partial charge in [-0.1, -0.05) is 0 Å². The number of nitrogens with zero attached hydrogens (tertiary/aromatic N) is 3. The fourth-order valence-electron chi connectivity index (χ4n) is 5.04. The van der Waals surface area contributed by atoms with Gasteiger partial charge in [-0.2, -0.15) is 4.31 Å². The van der Waals surface area contributed by atoms with E-state index in [0.29, 0.717) is 31.0 Å². The van der Waals surface area contributed by atoms with Gasteiger partial charge in [-0.3, -0.25) is 9.69 Å². The molecule has 8 heteroatoms. The second-order valence-electron chi connectivity index (χ2n) is 8.86. The molecule has 1 amide bonds. The third-order valence-electron chi connectivity index (χ3n) is 7.10. The number of piperazine rings is 1. The summed E-state index contributed by atoms with van der Waals surface area (Å²) in [5.41, 5.74) is 5.76. The molecule has 0 bridgehead atoms. The molecular formula is C19H34N4O3S. The SMILES string of the molecule is NCC1CCC(C(=O)N2CCC(N3CCN(S(=O)(=O)C4CC4)CC3)C2)CC1. The molecule has 4 rings (SSSR count). The zero-order chi connectivity index (χ0) is 19.0. The number of carbonyl (C=O) groups is 1. The standard InChI is InChI=1S/C19H34N4O3S/c20-13-15-1-3-16(4-2-15)19(24)22-8-7-17(14-22)21-9-11-23(12-10-21)27(25,26)18-5-6-18/h15-18H,1-14,20H2. The van der Waals surface area contributed by atoms with Crippen LogP contribution in [0.15, 0.2) is 0 Å². The Morgan fingerprint density at radius 2 is 1.56 bits per heavy atom. The van der Waals surface area contributed by atoms with Crippen molar-refractivity contribution < 1.29 is 13.2 Å². The molecule has 4 aliphatic rings. The fourth-order valence-corrected chi connectivity index (χ4v) is 6.87. The molecule has 7 nitrogen and oxygen atoms in total. The number of likely N-dealkylation sites (tertiary alicyclic amines) is 1. The van der Waals surface area contributed by atoms with Crippen molar-refractivity contribution in [1.29, 1.82) is 0 Å². The van der Waals surface area contributed by atoms with Crippen LogP contribution in [0.2, 0.25) is 0 Å². The first kappa shape index (κ1) is 19.6. The number of rotatable bonds is 5. The molecule has 27 heavy (non-hydrogen) atoms. The summed E-state index contributed by atoms with van der Waals surface area (Å²) in [7, 11) is -3.05. The molecule has 154 valence electrons. The zero-order valence-electron chi connectivity index (χ0n) is 16.3. The highest BCUT2D eigenvalue weighted by Crippen LogP contribution is 2.33. The second kappa shape index (κ2) is 7.97. The Kier molecular flexibility index (Phi) is 5.79. The van der Waals surface area contributed by atoms with Crippen LogP contribution in [0.4, 0.5) is 0 Å². The predicted octanol–water partition coefficient (Wildman–Crippen LogP) is 0.462. The molecule has 1 unspecified atom stereocenters. The lowest BCUT2D eigenvalue weighted by molar-refractivity contribution is -0.136. The lowest BCUT2D eigenvalue weighted by Crippen LogP contribution is -2.53. The molecular weight excluding hydrogens is 364 g/mol. The van der Waals surface area contributed by atoms with Crippen molar-refractivity contribution in [2.24, 2.45) is 17.6 Å². The van der Waals surface area contributed by atoms with Crippen LogP contribution >= 0.6 is 0 Å². The number of hydrogen-bond donors (Lipinski definition) is 1. The highest BCUT2D eigenvalue weighted by molar-refractivity contribution is 7.90. The van der Waals surface area contributed by atoms with E-state index in [2.05, 4.69) is 9.80 Å². The minimum absolute atomic E-state index is 0.113. The maximum absolute atomic E-state index is 12.9. The quantitative estimate of drug-likeness (QED) is 0.727. The van der Waals surface area contributed by atoms with Crippen LogP contribution in [0.25, 0.3) is 0 Å². The molecule has 0 radical (unpaired) electrons. The van der Waals surface area contributed by atoms with Gasteiger partial charge in [0.15, 0.2) is 0 Å². The summed E-state index contributed by atoms with van der Waals surface area (Å²) < 4.78 is 26.5. The molecule has 0 aromatic rings. The maximum Gasteiger partial charge on any atom is 0.225 e. The van der Waals surface area contributed by atoms with Crippen molar-refractivity contribution in [2.45, 2.75) is 56.2 Å². The minimum Gasteiger partial charge on any atom is -0.341 e. The molecule has 0 spiro atoms. The average Bonchev–Trinajstić information content (AvgIpc) is 3.46. The topological polar surface area (TPSA) is 87.0 Å². The van der Waals surface area contributed by atoms with Crippen LogP contribution in [0.3, 0.4) is 0 Å². The summed E-state index contributed by atoms with van der Waals surface area (Å²) in [5, 5.41) is -0.113. The Hall–Kier alpha value is -0.700. The normalized spacial score (nSPS) is 34.1. The van der Waals surface area contributed by atoms with Crippen LogP contribution in [0, 0.1) is 11.8 Å². The fraction of sp³-hybridized carbons (Fsp3) is 0.947. The Bertz CT molecular complexity index is 635.